The Labute approximate surface area is 135 Å². The summed E-state index contributed by atoms with van der Waals surface area (Å²) < 4.78 is 5.75. The van der Waals surface area contributed by atoms with Gasteiger partial charge in [-0.1, -0.05) is 0 Å². The van der Waals surface area contributed by atoms with Gasteiger partial charge in [-0.05, 0) is 53.6 Å². The number of carbonyl (C=O) groups is 1. The highest BCUT2D eigenvalue weighted by Crippen LogP contribution is 2.20. The average Bonchev–Trinajstić information content (AvgIpc) is 3.00. The van der Waals surface area contributed by atoms with Crippen molar-refractivity contribution in [3.8, 4) is 0 Å². The number of nitrogens with zero attached hydrogens (tertiary/aromatic N) is 2. The topological polar surface area (TPSA) is 44.8 Å². The van der Waals surface area contributed by atoms with Gasteiger partial charge in [0.05, 0.1) is 19.1 Å². The third-order valence-electron chi connectivity index (χ3n) is 4.99. The van der Waals surface area contributed by atoms with Gasteiger partial charge < -0.3 is 10.1 Å². The predicted octanol–water partition coefficient (Wildman–Crippen LogP) is 1.48. The fraction of sp³-hybridized carbons (Fsp3) is 0.941. The van der Waals surface area contributed by atoms with Gasteiger partial charge >= 0.3 is 0 Å². The maximum absolute atomic E-state index is 12.2. The van der Waals surface area contributed by atoms with Crippen molar-refractivity contribution in [3.05, 3.63) is 0 Å². The van der Waals surface area contributed by atoms with E-state index in [9.17, 15) is 4.79 Å². The Hall–Kier alpha value is -0.650. The summed E-state index contributed by atoms with van der Waals surface area (Å²) in [5, 5.41) is 3.11. The third kappa shape index (κ3) is 4.93. The number of hydrogen-bond donors (Lipinski definition) is 1. The van der Waals surface area contributed by atoms with Gasteiger partial charge in [-0.3, -0.25) is 14.6 Å². The van der Waals surface area contributed by atoms with Crippen LogP contribution >= 0.6 is 0 Å². The van der Waals surface area contributed by atoms with Gasteiger partial charge in [0.15, 0.2) is 0 Å². The van der Waals surface area contributed by atoms with Gasteiger partial charge in [-0.2, -0.15) is 0 Å². The van der Waals surface area contributed by atoms with E-state index >= 15 is 0 Å². The summed E-state index contributed by atoms with van der Waals surface area (Å²) in [6.07, 6.45) is 3.06. The van der Waals surface area contributed by atoms with Crippen LogP contribution in [-0.4, -0.2) is 72.7 Å². The predicted molar refractivity (Wildman–Crippen MR) is 89.0 cm³/mol. The van der Waals surface area contributed by atoms with Crippen molar-refractivity contribution in [2.24, 2.45) is 0 Å². The number of carbonyl (C=O) groups excluding carboxylic acids is 1. The number of ether oxygens (including phenoxy) is 1. The van der Waals surface area contributed by atoms with E-state index in [4.69, 9.17) is 4.74 Å². The molecular weight excluding hydrogens is 278 g/mol. The Balaban J connectivity index is 1.73. The number of likely N-dealkylation sites (tertiary alicyclic amines) is 1. The highest BCUT2D eigenvalue weighted by Gasteiger charge is 2.30. The molecule has 2 aliphatic heterocycles. The van der Waals surface area contributed by atoms with Crippen LogP contribution in [0.5, 0.6) is 0 Å². The molecule has 1 amide bonds. The second kappa shape index (κ2) is 7.75. The molecule has 0 radical (unpaired) electrons. The fourth-order valence-corrected chi connectivity index (χ4v) is 3.36. The molecule has 22 heavy (non-hydrogen) atoms. The first kappa shape index (κ1) is 17.7. The summed E-state index contributed by atoms with van der Waals surface area (Å²) in [6, 6.07) is 0.517. The summed E-state index contributed by atoms with van der Waals surface area (Å²) in [5.41, 5.74) is 0.0452. The molecule has 0 aromatic heterocycles. The van der Waals surface area contributed by atoms with E-state index in [-0.39, 0.29) is 17.6 Å². The number of rotatable bonds is 6. The molecule has 0 aliphatic carbocycles. The van der Waals surface area contributed by atoms with Crippen molar-refractivity contribution < 1.29 is 9.53 Å². The van der Waals surface area contributed by atoms with Crippen molar-refractivity contribution in [1.29, 1.82) is 0 Å². The first-order valence-electron chi connectivity index (χ1n) is 8.76. The summed E-state index contributed by atoms with van der Waals surface area (Å²) in [5.74, 6) is 0.114. The smallest absolute Gasteiger partial charge is 0.222 e. The Kier molecular flexibility index (Phi) is 6.24. The van der Waals surface area contributed by atoms with Crippen molar-refractivity contribution in [2.45, 2.75) is 64.6 Å². The molecule has 1 N–H and O–H groups in total. The molecule has 0 unspecified atom stereocenters. The first-order chi connectivity index (χ1) is 10.4. The first-order valence-corrected chi connectivity index (χ1v) is 8.76. The van der Waals surface area contributed by atoms with E-state index in [0.717, 1.165) is 32.8 Å². The average molecular weight is 311 g/mol. The normalized spacial score (nSPS) is 24.9. The van der Waals surface area contributed by atoms with Crippen molar-refractivity contribution in [1.82, 2.24) is 15.1 Å². The van der Waals surface area contributed by atoms with Gasteiger partial charge in [-0.25, -0.2) is 0 Å². The van der Waals surface area contributed by atoms with Crippen LogP contribution in [0.15, 0.2) is 0 Å². The summed E-state index contributed by atoms with van der Waals surface area (Å²) in [7, 11) is 0. The molecule has 0 aromatic rings. The van der Waals surface area contributed by atoms with E-state index in [0.29, 0.717) is 19.0 Å². The van der Waals surface area contributed by atoms with Gasteiger partial charge in [0.25, 0.3) is 0 Å². The maximum Gasteiger partial charge on any atom is 0.222 e. The highest BCUT2D eigenvalue weighted by atomic mass is 16.5. The lowest BCUT2D eigenvalue weighted by Crippen LogP contribution is -2.51. The van der Waals surface area contributed by atoms with Crippen LogP contribution in [0, 0.1) is 0 Å². The zero-order valence-electron chi connectivity index (χ0n) is 14.7. The summed E-state index contributed by atoms with van der Waals surface area (Å²) in [4.78, 5) is 17.1. The fourth-order valence-electron chi connectivity index (χ4n) is 3.36. The number of hydrogen-bond acceptors (Lipinski definition) is 4. The standard InChI is InChI=1S/C17H33N3O2/c1-14(2)19-9-10-22-15(12-19)11-16(21)18-13-17(3,4)20-7-5-6-8-20/h14-15H,5-13H2,1-4H3,(H,18,21)/t15-/m1/s1. The van der Waals surface area contributed by atoms with Gasteiger partial charge in [0, 0.05) is 31.2 Å². The van der Waals surface area contributed by atoms with Gasteiger partial charge in [-0.15, -0.1) is 0 Å². The summed E-state index contributed by atoms with van der Waals surface area (Å²) >= 11 is 0. The van der Waals surface area contributed by atoms with E-state index in [1.807, 2.05) is 0 Å². The Morgan fingerprint density at radius 3 is 2.59 bits per heavy atom. The van der Waals surface area contributed by atoms with Gasteiger partial charge in [0.1, 0.15) is 0 Å². The molecule has 1 atom stereocenters. The van der Waals surface area contributed by atoms with Crippen molar-refractivity contribution in [2.75, 3.05) is 39.3 Å². The lowest BCUT2D eigenvalue weighted by molar-refractivity contribution is -0.127. The van der Waals surface area contributed by atoms with Gasteiger partial charge in [0.2, 0.25) is 5.91 Å². The lowest BCUT2D eigenvalue weighted by Gasteiger charge is -2.37. The molecule has 0 saturated carbocycles. The Morgan fingerprint density at radius 2 is 1.95 bits per heavy atom. The Bertz CT molecular complexity index is 365. The Morgan fingerprint density at radius 1 is 1.27 bits per heavy atom. The highest BCUT2D eigenvalue weighted by molar-refractivity contribution is 5.76. The molecule has 0 bridgehead atoms. The van der Waals surface area contributed by atoms with Crippen LogP contribution in [0.1, 0.15) is 47.0 Å². The molecule has 2 saturated heterocycles. The quantitative estimate of drug-likeness (QED) is 0.807. The lowest BCUT2D eigenvalue weighted by atomic mass is 10.0. The number of morpholine rings is 1. The minimum atomic E-state index is 0.0334. The molecule has 128 valence electrons. The number of nitrogens with one attached hydrogen (secondary N) is 1. The van der Waals surface area contributed by atoms with Crippen molar-refractivity contribution in [3.63, 3.8) is 0 Å². The zero-order valence-corrected chi connectivity index (χ0v) is 14.7. The largest absolute Gasteiger partial charge is 0.375 e. The third-order valence-corrected chi connectivity index (χ3v) is 4.99. The molecule has 5 nitrogen and oxygen atoms in total. The van der Waals surface area contributed by atoms with E-state index < -0.39 is 0 Å². The second-order valence-electron chi connectivity index (χ2n) is 7.57. The van der Waals surface area contributed by atoms with Crippen LogP contribution < -0.4 is 5.32 Å². The van der Waals surface area contributed by atoms with Crippen LogP contribution in [-0.2, 0) is 9.53 Å². The van der Waals surface area contributed by atoms with Crippen LogP contribution in [0.25, 0.3) is 0 Å². The van der Waals surface area contributed by atoms with Crippen LogP contribution in [0.2, 0.25) is 0 Å². The van der Waals surface area contributed by atoms with E-state index in [2.05, 4.69) is 42.8 Å². The molecule has 2 rings (SSSR count). The van der Waals surface area contributed by atoms with E-state index in [1.54, 1.807) is 0 Å². The van der Waals surface area contributed by atoms with Crippen LogP contribution in [0.3, 0.4) is 0 Å². The molecular formula is C17H33N3O2. The SMILES string of the molecule is CC(C)N1CCO[C@H](CC(=O)NCC(C)(C)N2CCCC2)C1. The molecule has 5 heteroatoms. The molecule has 2 fully saturated rings. The molecule has 2 aliphatic rings. The van der Waals surface area contributed by atoms with E-state index in [1.165, 1.54) is 12.8 Å². The number of amides is 1. The molecule has 2 heterocycles. The second-order valence-corrected chi connectivity index (χ2v) is 7.57. The molecule has 0 spiro atoms. The minimum absolute atomic E-state index is 0.0334. The zero-order chi connectivity index (χ0) is 16.2. The minimum Gasteiger partial charge on any atom is -0.375 e. The maximum atomic E-state index is 12.2. The van der Waals surface area contributed by atoms with Crippen LogP contribution in [0.4, 0.5) is 0 Å². The summed E-state index contributed by atoms with van der Waals surface area (Å²) in [6.45, 7) is 14.4. The molecule has 0 aromatic carbocycles. The monoisotopic (exact) mass is 311 g/mol. The van der Waals surface area contributed by atoms with Crippen molar-refractivity contribution >= 4 is 5.91 Å².